The Morgan fingerprint density at radius 2 is 1.85 bits per heavy atom. The van der Waals surface area contributed by atoms with E-state index in [0.717, 1.165) is 44.9 Å². The second-order valence-electron chi connectivity index (χ2n) is 12.9. The molecule has 0 bridgehead atoms. The molecule has 0 unspecified atom stereocenters. The van der Waals surface area contributed by atoms with Crippen LogP contribution < -0.4 is 0 Å². The van der Waals surface area contributed by atoms with E-state index in [1.54, 1.807) is 5.57 Å². The number of rotatable bonds is 6. The van der Waals surface area contributed by atoms with Crippen LogP contribution in [0.3, 0.4) is 0 Å². The average molecular weight is 479 g/mol. The molecular weight excluding hydrogens is 434 g/mol. The van der Waals surface area contributed by atoms with Crippen molar-refractivity contribution in [3.8, 4) is 0 Å². The number of hydrogen-bond acceptors (Lipinski definition) is 3. The number of fused-ring (bicyclic) bond motifs is 5. The van der Waals surface area contributed by atoms with E-state index in [0.29, 0.717) is 24.2 Å². The largest absolute Gasteiger partial charge is 0.462 e. The zero-order valence-electron chi connectivity index (χ0n) is 21.9. The van der Waals surface area contributed by atoms with E-state index in [-0.39, 0.29) is 35.2 Å². The highest BCUT2D eigenvalue weighted by molar-refractivity contribution is 5.66. The normalized spacial score (nSPS) is 38.7. The van der Waals surface area contributed by atoms with Gasteiger partial charge in [0.15, 0.2) is 0 Å². The monoisotopic (exact) mass is 478 g/mol. The van der Waals surface area contributed by atoms with Crippen LogP contribution in [0.2, 0.25) is 0 Å². The number of ether oxygens (including phenoxy) is 1. The lowest BCUT2D eigenvalue weighted by Gasteiger charge is -2.55. The molecule has 34 heavy (non-hydrogen) atoms. The van der Waals surface area contributed by atoms with Crippen molar-refractivity contribution in [3.63, 3.8) is 0 Å². The van der Waals surface area contributed by atoms with Crippen molar-refractivity contribution in [2.24, 2.45) is 34.5 Å². The minimum absolute atomic E-state index is 0.000585. The van der Waals surface area contributed by atoms with Crippen LogP contribution in [0.4, 0.5) is 8.78 Å². The molecule has 1 N–H and O–H groups in total. The molecule has 3 nitrogen and oxygen atoms in total. The molecule has 4 aliphatic carbocycles. The van der Waals surface area contributed by atoms with Gasteiger partial charge in [-0.3, -0.25) is 4.79 Å². The second kappa shape index (κ2) is 8.71. The number of hydrogen-bond donors (Lipinski definition) is 1. The number of allylic oxidation sites excluding steroid dienone is 3. The molecule has 0 saturated heterocycles. The number of esters is 1. The molecule has 0 spiro atoms. The summed E-state index contributed by atoms with van der Waals surface area (Å²) < 4.78 is 34.4. The Morgan fingerprint density at radius 3 is 2.50 bits per heavy atom. The van der Waals surface area contributed by atoms with E-state index in [1.807, 2.05) is 0 Å². The highest BCUT2D eigenvalue weighted by atomic mass is 19.3. The van der Waals surface area contributed by atoms with Crippen molar-refractivity contribution >= 4 is 5.97 Å². The number of carbonyl (C=O) groups is 1. The molecular formula is C29H44F2O3. The van der Waals surface area contributed by atoms with Gasteiger partial charge in [0.1, 0.15) is 11.7 Å². The topological polar surface area (TPSA) is 46.5 Å². The quantitative estimate of drug-likeness (QED) is 0.409. The lowest BCUT2D eigenvalue weighted by atomic mass is 9.50. The maximum atomic E-state index is 14.4. The van der Waals surface area contributed by atoms with E-state index >= 15 is 0 Å². The Morgan fingerprint density at radius 1 is 1.15 bits per heavy atom. The highest BCUT2D eigenvalue weighted by Crippen LogP contribution is 2.66. The number of aliphatic hydroxyl groups is 1. The molecule has 3 fully saturated rings. The first-order valence-electron chi connectivity index (χ1n) is 13.4. The molecule has 0 aromatic carbocycles. The molecule has 0 aliphatic heterocycles. The van der Waals surface area contributed by atoms with E-state index < -0.39 is 11.5 Å². The van der Waals surface area contributed by atoms with Crippen LogP contribution in [0.5, 0.6) is 0 Å². The summed E-state index contributed by atoms with van der Waals surface area (Å²) >= 11 is 0. The van der Waals surface area contributed by atoms with Crippen molar-refractivity contribution in [2.45, 2.75) is 117 Å². The van der Waals surface area contributed by atoms with Crippen LogP contribution in [-0.2, 0) is 9.53 Å². The summed E-state index contributed by atoms with van der Waals surface area (Å²) in [5.41, 5.74) is 1.33. The van der Waals surface area contributed by atoms with Gasteiger partial charge in [0.05, 0.1) is 0 Å². The molecule has 0 heterocycles. The van der Waals surface area contributed by atoms with Crippen LogP contribution >= 0.6 is 0 Å². The molecule has 4 aliphatic rings. The minimum Gasteiger partial charge on any atom is -0.462 e. The van der Waals surface area contributed by atoms with Crippen LogP contribution in [0.15, 0.2) is 23.3 Å². The molecule has 192 valence electrons. The maximum Gasteiger partial charge on any atom is 0.302 e. The van der Waals surface area contributed by atoms with Gasteiger partial charge < -0.3 is 9.84 Å². The van der Waals surface area contributed by atoms with Crippen LogP contribution in [0.1, 0.15) is 99.3 Å². The summed E-state index contributed by atoms with van der Waals surface area (Å²) in [6, 6.07) is 0. The van der Waals surface area contributed by atoms with Gasteiger partial charge in [-0.25, -0.2) is 8.78 Å². The Hall–Kier alpha value is -1.23. The van der Waals surface area contributed by atoms with E-state index in [4.69, 9.17) is 4.74 Å². The lowest BCUT2D eigenvalue weighted by Crippen LogP contribution is -2.47. The van der Waals surface area contributed by atoms with Gasteiger partial charge in [-0.1, -0.05) is 44.1 Å². The molecule has 5 heteroatoms. The third-order valence-electron chi connectivity index (χ3n) is 10.4. The summed E-state index contributed by atoms with van der Waals surface area (Å²) in [7, 11) is 0. The molecule has 3 saturated carbocycles. The highest BCUT2D eigenvalue weighted by Gasteiger charge is 2.57. The molecule has 7 atom stereocenters. The van der Waals surface area contributed by atoms with Gasteiger partial charge in [-0.05, 0) is 93.3 Å². The number of halogens is 2. The van der Waals surface area contributed by atoms with Crippen molar-refractivity contribution in [2.75, 3.05) is 0 Å². The van der Waals surface area contributed by atoms with Crippen LogP contribution in [0.25, 0.3) is 0 Å². The van der Waals surface area contributed by atoms with Crippen LogP contribution in [-0.4, -0.2) is 28.7 Å². The summed E-state index contributed by atoms with van der Waals surface area (Å²) in [6.07, 6.45) is 12.2. The van der Waals surface area contributed by atoms with E-state index in [9.17, 15) is 18.7 Å². The first-order valence-corrected chi connectivity index (χ1v) is 13.4. The fourth-order valence-electron chi connectivity index (χ4n) is 8.20. The summed E-state index contributed by atoms with van der Waals surface area (Å²) in [5, 5.41) is 9.88. The standard InChI is InChI=1S/C29H44F2O3/c1-18(11-16-29(30,31)26(3,4)33)23-9-10-24-22-8-7-20-17-21(34-19(2)32)12-14-27(20,5)25(22)13-15-28(23,24)6/h7-8,18,21,23-25,33H,9-17H2,1-6H3/t18-,21+,23-,24+,25+,27+,28-/m1/s1. The van der Waals surface area contributed by atoms with Crippen molar-refractivity contribution in [1.82, 2.24) is 0 Å². The van der Waals surface area contributed by atoms with Crippen molar-refractivity contribution < 1.29 is 23.4 Å². The van der Waals surface area contributed by atoms with E-state index in [1.165, 1.54) is 26.3 Å². The zero-order chi connectivity index (χ0) is 25.1. The summed E-state index contributed by atoms with van der Waals surface area (Å²) in [4.78, 5) is 11.5. The number of carbonyl (C=O) groups excluding carboxylic acids is 1. The third kappa shape index (κ3) is 4.29. The Balaban J connectivity index is 1.50. The molecule has 0 aromatic rings. The fourth-order valence-corrected chi connectivity index (χ4v) is 8.20. The Bertz CT molecular complexity index is 869. The first kappa shape index (κ1) is 25.9. The molecule has 4 rings (SSSR count). The smallest absolute Gasteiger partial charge is 0.302 e. The van der Waals surface area contributed by atoms with Crippen molar-refractivity contribution in [1.29, 1.82) is 0 Å². The van der Waals surface area contributed by atoms with Crippen LogP contribution in [0, 0.1) is 34.5 Å². The zero-order valence-corrected chi connectivity index (χ0v) is 21.9. The number of alkyl halides is 2. The third-order valence-corrected chi connectivity index (χ3v) is 10.4. The van der Waals surface area contributed by atoms with Gasteiger partial charge in [-0.15, -0.1) is 0 Å². The predicted octanol–water partition coefficient (Wildman–Crippen LogP) is 7.24. The lowest BCUT2D eigenvalue weighted by molar-refractivity contribution is -0.168. The summed E-state index contributed by atoms with van der Waals surface area (Å²) in [5.74, 6) is -1.54. The molecule has 0 aromatic heterocycles. The average Bonchev–Trinajstić information content (AvgIpc) is 3.08. The van der Waals surface area contributed by atoms with Crippen molar-refractivity contribution in [3.05, 3.63) is 23.3 Å². The Labute approximate surface area is 204 Å². The molecule has 0 amide bonds. The molecule has 0 radical (unpaired) electrons. The van der Waals surface area contributed by atoms with E-state index in [2.05, 4.69) is 32.9 Å². The second-order valence-corrected chi connectivity index (χ2v) is 12.9. The van der Waals surface area contributed by atoms with Gasteiger partial charge in [0.25, 0.3) is 5.92 Å². The SMILES string of the molecule is CC(=O)O[C@H]1CC[C@@]2(C)C(=CC=C3[C@@H]4CC[C@H]([C@H](C)CCC(F)(F)C(C)(C)O)[C@@]4(C)CC[C@@H]32)C1. The Kier molecular flexibility index (Phi) is 6.62. The fraction of sp³-hybridized carbons (Fsp3) is 0.828. The van der Waals surface area contributed by atoms with Gasteiger partial charge in [0, 0.05) is 19.8 Å². The van der Waals surface area contributed by atoms with Gasteiger partial charge in [0.2, 0.25) is 0 Å². The maximum absolute atomic E-state index is 14.4. The van der Waals surface area contributed by atoms with Gasteiger partial charge in [-0.2, -0.15) is 0 Å². The first-order chi connectivity index (χ1) is 15.7. The predicted molar refractivity (Wildman–Crippen MR) is 130 cm³/mol. The van der Waals surface area contributed by atoms with Gasteiger partial charge >= 0.3 is 5.97 Å². The summed E-state index contributed by atoms with van der Waals surface area (Å²) in [6.45, 7) is 10.9. The minimum atomic E-state index is -3.07.